The first-order chi connectivity index (χ1) is 14.6. The van der Waals surface area contributed by atoms with Crippen molar-refractivity contribution < 1.29 is 14.1 Å². The molecule has 150 valence electrons. The lowest BCUT2D eigenvalue weighted by Gasteiger charge is -2.05. The topological polar surface area (TPSA) is 88.0 Å². The van der Waals surface area contributed by atoms with E-state index in [4.69, 9.17) is 4.52 Å². The molecule has 0 spiro atoms. The van der Waals surface area contributed by atoms with Gasteiger partial charge in [-0.1, -0.05) is 41.6 Å². The third kappa shape index (κ3) is 3.30. The molecule has 2 aromatic heterocycles. The summed E-state index contributed by atoms with van der Waals surface area (Å²) in [4.78, 5) is 28.9. The van der Waals surface area contributed by atoms with Gasteiger partial charge in [0.2, 0.25) is 5.78 Å². The predicted octanol–water partition coefficient (Wildman–Crippen LogP) is 4.50. The number of carbonyl (C=O) groups is 2. The summed E-state index contributed by atoms with van der Waals surface area (Å²) in [6.45, 7) is 2.46. The van der Waals surface area contributed by atoms with Gasteiger partial charge in [-0.2, -0.15) is 0 Å². The Labute approximate surface area is 173 Å². The quantitative estimate of drug-likeness (QED) is 0.467. The van der Waals surface area contributed by atoms with Crippen molar-refractivity contribution in [2.75, 3.05) is 6.54 Å². The number of H-pyrrole nitrogens is 1. The SMILES string of the molecule is Cc1onc(-c2ccccc2)c1C(=O)c1c[nH]c2cc(C(=O)NCC3CC3)ccc12. The summed E-state index contributed by atoms with van der Waals surface area (Å²) in [7, 11) is 0. The van der Waals surface area contributed by atoms with E-state index < -0.39 is 0 Å². The highest BCUT2D eigenvalue weighted by molar-refractivity contribution is 6.19. The van der Waals surface area contributed by atoms with Gasteiger partial charge in [0.15, 0.2) is 0 Å². The average Bonchev–Trinajstić information content (AvgIpc) is 3.38. The average molecular weight is 399 g/mol. The molecule has 2 aromatic carbocycles. The number of fused-ring (bicyclic) bond motifs is 1. The third-order valence-electron chi connectivity index (χ3n) is 5.57. The van der Waals surface area contributed by atoms with Crippen LogP contribution in [0.5, 0.6) is 0 Å². The molecule has 2 N–H and O–H groups in total. The standard InChI is InChI=1S/C24H21N3O3/c1-14-21(22(27-30-14)16-5-3-2-4-6-16)23(28)19-13-25-20-11-17(9-10-18(19)20)24(29)26-12-15-7-8-15/h2-6,9-11,13,15,25H,7-8,12H2,1H3,(H,26,29). The number of aromatic nitrogens is 2. The second-order valence-electron chi connectivity index (χ2n) is 7.77. The van der Waals surface area contributed by atoms with E-state index in [1.54, 1.807) is 25.3 Å². The van der Waals surface area contributed by atoms with Crippen molar-refractivity contribution in [3.63, 3.8) is 0 Å². The zero-order valence-corrected chi connectivity index (χ0v) is 16.6. The van der Waals surface area contributed by atoms with Crippen LogP contribution in [0.2, 0.25) is 0 Å². The Hall–Kier alpha value is -3.67. The Morgan fingerprint density at radius 3 is 2.73 bits per heavy atom. The molecule has 1 saturated carbocycles. The highest BCUT2D eigenvalue weighted by Crippen LogP contribution is 2.30. The van der Waals surface area contributed by atoms with E-state index in [1.165, 1.54) is 12.8 Å². The number of aryl methyl sites for hydroxylation is 1. The predicted molar refractivity (Wildman–Crippen MR) is 113 cm³/mol. The monoisotopic (exact) mass is 399 g/mol. The van der Waals surface area contributed by atoms with Crippen LogP contribution in [0.1, 0.15) is 44.9 Å². The van der Waals surface area contributed by atoms with Gasteiger partial charge in [0.05, 0.1) is 5.56 Å². The van der Waals surface area contributed by atoms with E-state index in [0.717, 1.165) is 23.0 Å². The van der Waals surface area contributed by atoms with Crippen molar-refractivity contribution in [1.82, 2.24) is 15.5 Å². The molecule has 6 nitrogen and oxygen atoms in total. The summed E-state index contributed by atoms with van der Waals surface area (Å²) >= 11 is 0. The fourth-order valence-corrected chi connectivity index (χ4v) is 3.68. The molecule has 0 aliphatic heterocycles. The van der Waals surface area contributed by atoms with Crippen LogP contribution in [0.3, 0.4) is 0 Å². The Balaban J connectivity index is 1.48. The lowest BCUT2D eigenvalue weighted by atomic mass is 9.97. The fourth-order valence-electron chi connectivity index (χ4n) is 3.68. The minimum atomic E-state index is -0.162. The molecular formula is C24H21N3O3. The lowest BCUT2D eigenvalue weighted by Crippen LogP contribution is -2.25. The van der Waals surface area contributed by atoms with Crippen molar-refractivity contribution in [2.45, 2.75) is 19.8 Å². The lowest BCUT2D eigenvalue weighted by molar-refractivity contribution is 0.0951. The molecule has 4 aromatic rings. The molecule has 0 saturated heterocycles. The molecule has 30 heavy (non-hydrogen) atoms. The van der Waals surface area contributed by atoms with Crippen molar-refractivity contribution in [3.05, 3.63) is 77.2 Å². The molecule has 1 amide bonds. The molecule has 0 atom stereocenters. The van der Waals surface area contributed by atoms with Gasteiger partial charge in [0.1, 0.15) is 11.5 Å². The van der Waals surface area contributed by atoms with Crippen molar-refractivity contribution >= 4 is 22.6 Å². The minimum absolute atomic E-state index is 0.0903. The Morgan fingerprint density at radius 1 is 1.17 bits per heavy atom. The van der Waals surface area contributed by atoms with E-state index in [9.17, 15) is 9.59 Å². The molecule has 1 aliphatic carbocycles. The van der Waals surface area contributed by atoms with E-state index in [1.807, 2.05) is 36.4 Å². The maximum absolute atomic E-state index is 13.4. The Bertz CT molecular complexity index is 1250. The van der Waals surface area contributed by atoms with Gasteiger partial charge in [-0.3, -0.25) is 9.59 Å². The zero-order valence-electron chi connectivity index (χ0n) is 16.6. The molecule has 1 fully saturated rings. The second kappa shape index (κ2) is 7.30. The number of rotatable bonds is 6. The van der Waals surface area contributed by atoms with Crippen LogP contribution in [0.4, 0.5) is 0 Å². The molecule has 0 bridgehead atoms. The van der Waals surface area contributed by atoms with E-state index in [2.05, 4.69) is 15.5 Å². The molecular weight excluding hydrogens is 378 g/mol. The normalized spacial score (nSPS) is 13.5. The third-order valence-corrected chi connectivity index (χ3v) is 5.57. The molecule has 5 rings (SSSR count). The number of amides is 1. The molecule has 0 unspecified atom stereocenters. The summed E-state index contributed by atoms with van der Waals surface area (Å²) in [5.74, 6) is 0.847. The van der Waals surface area contributed by atoms with Crippen LogP contribution in [0, 0.1) is 12.8 Å². The van der Waals surface area contributed by atoms with Crippen LogP contribution >= 0.6 is 0 Å². The largest absolute Gasteiger partial charge is 0.360 e. The highest BCUT2D eigenvalue weighted by atomic mass is 16.5. The number of hydrogen-bond acceptors (Lipinski definition) is 4. The second-order valence-corrected chi connectivity index (χ2v) is 7.77. The smallest absolute Gasteiger partial charge is 0.251 e. The van der Waals surface area contributed by atoms with Gasteiger partial charge in [-0.05, 0) is 37.8 Å². The Morgan fingerprint density at radius 2 is 1.97 bits per heavy atom. The summed E-state index contributed by atoms with van der Waals surface area (Å²) in [5.41, 5.74) is 3.66. The van der Waals surface area contributed by atoms with Gasteiger partial charge < -0.3 is 14.8 Å². The number of nitrogens with zero attached hydrogens (tertiary/aromatic N) is 1. The number of carbonyl (C=O) groups excluding carboxylic acids is 2. The van der Waals surface area contributed by atoms with Crippen LogP contribution in [0.25, 0.3) is 22.2 Å². The number of nitrogens with one attached hydrogen (secondary N) is 2. The van der Waals surface area contributed by atoms with Crippen molar-refractivity contribution in [1.29, 1.82) is 0 Å². The number of benzene rings is 2. The van der Waals surface area contributed by atoms with Gasteiger partial charge >= 0.3 is 0 Å². The number of aromatic amines is 1. The Kier molecular flexibility index (Phi) is 4.47. The van der Waals surface area contributed by atoms with Gasteiger partial charge in [-0.25, -0.2) is 0 Å². The van der Waals surface area contributed by atoms with Gasteiger partial charge in [-0.15, -0.1) is 0 Å². The first-order valence-electron chi connectivity index (χ1n) is 10.1. The minimum Gasteiger partial charge on any atom is -0.360 e. The first-order valence-corrected chi connectivity index (χ1v) is 10.1. The van der Waals surface area contributed by atoms with Gasteiger partial charge in [0.25, 0.3) is 5.91 Å². The van der Waals surface area contributed by atoms with Crippen LogP contribution in [-0.2, 0) is 0 Å². The van der Waals surface area contributed by atoms with Crippen molar-refractivity contribution in [3.8, 4) is 11.3 Å². The molecule has 6 heteroatoms. The number of hydrogen-bond donors (Lipinski definition) is 2. The van der Waals surface area contributed by atoms with Crippen LogP contribution in [0.15, 0.2) is 59.3 Å². The fraction of sp³-hybridized carbons (Fsp3) is 0.208. The summed E-state index contributed by atoms with van der Waals surface area (Å²) < 4.78 is 5.35. The number of ketones is 1. The zero-order chi connectivity index (χ0) is 20.7. The molecule has 2 heterocycles. The maximum Gasteiger partial charge on any atom is 0.251 e. The molecule has 0 radical (unpaired) electrons. The highest BCUT2D eigenvalue weighted by Gasteiger charge is 2.25. The first kappa shape index (κ1) is 18.4. The summed E-state index contributed by atoms with van der Waals surface area (Å²) in [6, 6.07) is 14.9. The van der Waals surface area contributed by atoms with Crippen molar-refractivity contribution in [2.24, 2.45) is 5.92 Å². The summed E-state index contributed by atoms with van der Waals surface area (Å²) in [6.07, 6.45) is 4.06. The molecule has 1 aliphatic rings. The van der Waals surface area contributed by atoms with E-state index in [-0.39, 0.29) is 11.7 Å². The van der Waals surface area contributed by atoms with Crippen LogP contribution < -0.4 is 5.32 Å². The van der Waals surface area contributed by atoms with Crippen LogP contribution in [-0.4, -0.2) is 28.4 Å². The van der Waals surface area contributed by atoms with Gasteiger partial charge in [0, 0.05) is 40.3 Å². The van der Waals surface area contributed by atoms with E-state index in [0.29, 0.717) is 34.1 Å². The summed E-state index contributed by atoms with van der Waals surface area (Å²) in [5, 5.41) is 7.85. The van der Waals surface area contributed by atoms with E-state index >= 15 is 0 Å². The maximum atomic E-state index is 13.4.